The summed E-state index contributed by atoms with van der Waals surface area (Å²) >= 11 is 0. The summed E-state index contributed by atoms with van der Waals surface area (Å²) in [5, 5.41) is 10.2. The normalized spacial score (nSPS) is 10.8. The summed E-state index contributed by atoms with van der Waals surface area (Å²) < 4.78 is 12.5. The van der Waals surface area contributed by atoms with E-state index in [1.165, 1.54) is 0 Å². The number of carboxylic acids is 1. The van der Waals surface area contributed by atoms with Crippen LogP contribution in [0.25, 0.3) is 10.9 Å². The van der Waals surface area contributed by atoms with Crippen LogP contribution in [0, 0.1) is 6.92 Å². The Kier molecular flexibility index (Phi) is 5.99. The molecule has 1 heterocycles. The lowest BCUT2D eigenvalue weighted by molar-refractivity contribution is -0.145. The highest BCUT2D eigenvalue weighted by Crippen LogP contribution is 2.30. The van der Waals surface area contributed by atoms with E-state index >= 15 is 0 Å². The molecule has 146 valence electrons. The van der Waals surface area contributed by atoms with Crippen LogP contribution in [-0.4, -0.2) is 34.8 Å². The van der Waals surface area contributed by atoms with Crippen molar-refractivity contribution in [1.29, 1.82) is 0 Å². The van der Waals surface area contributed by atoms with Crippen LogP contribution in [0.3, 0.4) is 0 Å². The minimum Gasteiger partial charge on any atom is -0.482 e. The third-order valence-corrected chi connectivity index (χ3v) is 4.60. The summed E-state index contributed by atoms with van der Waals surface area (Å²) in [7, 11) is 0. The fraction of sp³-hybridized carbons (Fsp3) is 0.273. The van der Waals surface area contributed by atoms with Crippen molar-refractivity contribution >= 4 is 22.8 Å². The van der Waals surface area contributed by atoms with E-state index in [9.17, 15) is 14.7 Å². The SMILES string of the molecule is CCOC(=O)COc1ccc2c(c1)c(CC(=O)O)c(C)n2Cc1ccccc1. The third-order valence-electron chi connectivity index (χ3n) is 4.60. The predicted molar refractivity (Wildman–Crippen MR) is 106 cm³/mol. The molecule has 0 aliphatic rings. The zero-order chi connectivity index (χ0) is 20.1. The molecule has 0 atom stereocenters. The maximum atomic E-state index is 11.5. The highest BCUT2D eigenvalue weighted by molar-refractivity contribution is 5.90. The summed E-state index contributed by atoms with van der Waals surface area (Å²) in [6.07, 6.45) is -0.0779. The lowest BCUT2D eigenvalue weighted by Gasteiger charge is -2.09. The summed E-state index contributed by atoms with van der Waals surface area (Å²) in [4.78, 5) is 22.9. The number of aromatic nitrogens is 1. The van der Waals surface area contributed by atoms with E-state index in [4.69, 9.17) is 9.47 Å². The summed E-state index contributed by atoms with van der Waals surface area (Å²) in [5.41, 5.74) is 3.72. The molecule has 0 saturated carbocycles. The monoisotopic (exact) mass is 381 g/mol. The Labute approximate surface area is 163 Å². The number of ether oxygens (including phenoxy) is 2. The minimum atomic E-state index is -0.889. The van der Waals surface area contributed by atoms with Crippen LogP contribution in [0.5, 0.6) is 5.75 Å². The zero-order valence-electron chi connectivity index (χ0n) is 16.0. The number of hydrogen-bond donors (Lipinski definition) is 1. The minimum absolute atomic E-state index is 0.0779. The van der Waals surface area contributed by atoms with Crippen LogP contribution in [0.4, 0.5) is 0 Å². The third kappa shape index (κ3) is 4.34. The van der Waals surface area contributed by atoms with Crippen LogP contribution < -0.4 is 4.74 Å². The Balaban J connectivity index is 1.98. The number of hydrogen-bond acceptors (Lipinski definition) is 4. The second-order valence-electron chi connectivity index (χ2n) is 6.48. The molecule has 3 aromatic rings. The first-order valence-electron chi connectivity index (χ1n) is 9.15. The van der Waals surface area contributed by atoms with Gasteiger partial charge < -0.3 is 19.1 Å². The van der Waals surface area contributed by atoms with Crippen molar-refractivity contribution in [3.05, 3.63) is 65.4 Å². The molecule has 3 rings (SSSR count). The van der Waals surface area contributed by atoms with E-state index in [0.29, 0.717) is 18.9 Å². The molecule has 0 amide bonds. The fourth-order valence-corrected chi connectivity index (χ4v) is 3.31. The lowest BCUT2D eigenvalue weighted by Crippen LogP contribution is -2.14. The van der Waals surface area contributed by atoms with Gasteiger partial charge in [0.1, 0.15) is 5.75 Å². The molecule has 6 heteroatoms. The topological polar surface area (TPSA) is 77.8 Å². The van der Waals surface area contributed by atoms with Gasteiger partial charge in [0.25, 0.3) is 0 Å². The van der Waals surface area contributed by atoms with Gasteiger partial charge in [0.2, 0.25) is 0 Å². The van der Waals surface area contributed by atoms with Crippen molar-refractivity contribution in [2.24, 2.45) is 0 Å². The Hall–Kier alpha value is -3.28. The summed E-state index contributed by atoms with van der Waals surface area (Å²) in [6, 6.07) is 15.5. The van der Waals surface area contributed by atoms with E-state index < -0.39 is 11.9 Å². The molecule has 0 saturated heterocycles. The second kappa shape index (κ2) is 8.61. The van der Waals surface area contributed by atoms with Gasteiger partial charge in [0, 0.05) is 23.1 Å². The van der Waals surface area contributed by atoms with Crippen molar-refractivity contribution in [2.75, 3.05) is 13.2 Å². The number of nitrogens with zero attached hydrogens (tertiary/aromatic N) is 1. The quantitative estimate of drug-likeness (QED) is 0.604. The molecule has 0 spiro atoms. The molecular weight excluding hydrogens is 358 g/mol. The van der Waals surface area contributed by atoms with Gasteiger partial charge in [-0.3, -0.25) is 4.79 Å². The molecule has 1 aromatic heterocycles. The molecule has 0 bridgehead atoms. The van der Waals surface area contributed by atoms with Gasteiger partial charge in [-0.1, -0.05) is 30.3 Å². The summed E-state index contributed by atoms with van der Waals surface area (Å²) in [6.45, 7) is 4.43. The van der Waals surface area contributed by atoms with Crippen molar-refractivity contribution in [3.63, 3.8) is 0 Å². The average Bonchev–Trinajstić information content (AvgIpc) is 2.92. The number of fused-ring (bicyclic) bond motifs is 1. The number of aliphatic carboxylic acids is 1. The Morgan fingerprint density at radius 2 is 1.86 bits per heavy atom. The van der Waals surface area contributed by atoms with Gasteiger partial charge >= 0.3 is 11.9 Å². The zero-order valence-corrected chi connectivity index (χ0v) is 16.0. The molecule has 0 fully saturated rings. The first-order valence-corrected chi connectivity index (χ1v) is 9.15. The van der Waals surface area contributed by atoms with E-state index in [0.717, 1.165) is 27.7 Å². The number of carbonyl (C=O) groups excluding carboxylic acids is 1. The molecule has 6 nitrogen and oxygen atoms in total. The standard InChI is InChI=1S/C22H23NO5/c1-3-27-22(26)14-28-17-9-10-20-19(11-17)18(12-21(24)25)15(2)23(20)13-16-7-5-4-6-8-16/h4-11H,3,12-14H2,1-2H3,(H,24,25). The van der Waals surface area contributed by atoms with Gasteiger partial charge in [0.05, 0.1) is 13.0 Å². The van der Waals surface area contributed by atoms with E-state index in [1.54, 1.807) is 19.1 Å². The lowest BCUT2D eigenvalue weighted by atomic mass is 10.1. The van der Waals surface area contributed by atoms with Gasteiger partial charge in [0.15, 0.2) is 6.61 Å². The first-order chi connectivity index (χ1) is 13.5. The number of esters is 1. The van der Waals surface area contributed by atoms with Crippen molar-refractivity contribution in [3.8, 4) is 5.75 Å². The number of carboxylic acid groups (broad SMARTS) is 1. The Morgan fingerprint density at radius 1 is 1.11 bits per heavy atom. The average molecular weight is 381 g/mol. The number of rotatable bonds is 8. The Bertz CT molecular complexity index is 991. The highest BCUT2D eigenvalue weighted by atomic mass is 16.6. The number of benzene rings is 2. The van der Waals surface area contributed by atoms with Gasteiger partial charge in [-0.15, -0.1) is 0 Å². The molecule has 0 aliphatic carbocycles. The van der Waals surface area contributed by atoms with Crippen molar-refractivity contribution in [1.82, 2.24) is 4.57 Å². The van der Waals surface area contributed by atoms with Crippen LogP contribution in [-0.2, 0) is 27.3 Å². The molecule has 0 unspecified atom stereocenters. The smallest absolute Gasteiger partial charge is 0.344 e. The van der Waals surface area contributed by atoms with Crippen molar-refractivity contribution < 1.29 is 24.2 Å². The highest BCUT2D eigenvalue weighted by Gasteiger charge is 2.17. The first kappa shape index (κ1) is 19.5. The van der Waals surface area contributed by atoms with Crippen LogP contribution in [0.1, 0.15) is 23.7 Å². The number of carbonyl (C=O) groups is 2. The van der Waals surface area contributed by atoms with Gasteiger partial charge in [-0.25, -0.2) is 4.79 Å². The maximum Gasteiger partial charge on any atom is 0.344 e. The largest absolute Gasteiger partial charge is 0.482 e. The van der Waals surface area contributed by atoms with E-state index in [-0.39, 0.29) is 13.0 Å². The van der Waals surface area contributed by atoms with Gasteiger partial charge in [-0.05, 0) is 43.2 Å². The molecule has 1 N–H and O–H groups in total. The van der Waals surface area contributed by atoms with Crippen LogP contribution in [0.15, 0.2) is 48.5 Å². The molecule has 28 heavy (non-hydrogen) atoms. The molecular formula is C22H23NO5. The van der Waals surface area contributed by atoms with Crippen molar-refractivity contribution in [2.45, 2.75) is 26.8 Å². The molecule has 0 aliphatic heterocycles. The van der Waals surface area contributed by atoms with Crippen LogP contribution in [0.2, 0.25) is 0 Å². The van der Waals surface area contributed by atoms with E-state index in [1.807, 2.05) is 43.3 Å². The maximum absolute atomic E-state index is 11.5. The Morgan fingerprint density at radius 3 is 2.54 bits per heavy atom. The fourth-order valence-electron chi connectivity index (χ4n) is 3.31. The van der Waals surface area contributed by atoms with Gasteiger partial charge in [-0.2, -0.15) is 0 Å². The van der Waals surface area contributed by atoms with E-state index in [2.05, 4.69) is 4.57 Å². The second-order valence-corrected chi connectivity index (χ2v) is 6.48. The molecule has 2 aromatic carbocycles. The molecule has 0 radical (unpaired) electrons. The predicted octanol–water partition coefficient (Wildman–Crippen LogP) is 3.57. The summed E-state index contributed by atoms with van der Waals surface area (Å²) in [5.74, 6) is -0.824. The van der Waals surface area contributed by atoms with Crippen LogP contribution >= 0.6 is 0 Å².